The molecular weight excluding hydrogens is 322 g/mol. The van der Waals surface area contributed by atoms with Gasteiger partial charge in [-0.25, -0.2) is 4.98 Å². The minimum atomic E-state index is -0.245. The summed E-state index contributed by atoms with van der Waals surface area (Å²) in [6.07, 6.45) is 1.45. The first-order valence-electron chi connectivity index (χ1n) is 7.55. The number of carbonyl (C=O) groups excluding carboxylic acids is 1. The number of carbonyl (C=O) groups is 1. The minimum absolute atomic E-state index is 0.182. The summed E-state index contributed by atoms with van der Waals surface area (Å²) in [7, 11) is 3.04. The lowest BCUT2D eigenvalue weighted by molar-refractivity contribution is -0.114. The van der Waals surface area contributed by atoms with Gasteiger partial charge in [-0.15, -0.1) is 0 Å². The van der Waals surface area contributed by atoms with Gasteiger partial charge in [-0.2, -0.15) is 0 Å². The molecule has 0 aliphatic rings. The molecule has 1 aromatic heterocycles. The van der Waals surface area contributed by atoms with E-state index in [0.717, 1.165) is 0 Å². The summed E-state index contributed by atoms with van der Waals surface area (Å²) in [6.45, 7) is 1.43. The zero-order chi connectivity index (χ0) is 18.0. The molecule has 3 aromatic rings. The van der Waals surface area contributed by atoms with Gasteiger partial charge >= 0.3 is 0 Å². The van der Waals surface area contributed by atoms with Gasteiger partial charge in [-0.3, -0.25) is 14.2 Å². The lowest BCUT2D eigenvalue weighted by atomic mass is 10.2. The number of nitrogens with zero attached hydrogens (tertiary/aromatic N) is 2. The number of hydrogen-bond acceptors (Lipinski definition) is 5. The first-order chi connectivity index (χ1) is 12.0. The highest BCUT2D eigenvalue weighted by Crippen LogP contribution is 2.30. The Morgan fingerprint density at radius 2 is 1.84 bits per heavy atom. The molecule has 2 aromatic carbocycles. The maximum absolute atomic E-state index is 12.9. The standard InChI is InChI=1S/C18H17N3O4/c1-11(22)20-12-5-4-6-13(7-12)21-10-19-15-9-17(25-3)16(24-2)8-14(15)18(21)23/h4-10H,1-3H3,(H,20,22). The number of fused-ring (bicyclic) bond motifs is 1. The molecule has 0 atom stereocenters. The van der Waals surface area contributed by atoms with Crippen LogP contribution in [0.25, 0.3) is 16.6 Å². The van der Waals surface area contributed by atoms with Crippen molar-refractivity contribution in [2.45, 2.75) is 6.92 Å². The minimum Gasteiger partial charge on any atom is -0.493 e. The third-order valence-corrected chi connectivity index (χ3v) is 3.71. The molecule has 128 valence electrons. The second-order valence-electron chi connectivity index (χ2n) is 5.38. The maximum atomic E-state index is 12.9. The molecule has 3 rings (SSSR count). The van der Waals surface area contributed by atoms with Gasteiger partial charge in [0.1, 0.15) is 6.33 Å². The van der Waals surface area contributed by atoms with Crippen molar-refractivity contribution in [1.82, 2.24) is 9.55 Å². The van der Waals surface area contributed by atoms with Crippen molar-refractivity contribution in [1.29, 1.82) is 0 Å². The Morgan fingerprint density at radius 1 is 1.12 bits per heavy atom. The number of hydrogen-bond donors (Lipinski definition) is 1. The van der Waals surface area contributed by atoms with E-state index in [-0.39, 0.29) is 11.5 Å². The normalized spacial score (nSPS) is 10.5. The summed E-state index contributed by atoms with van der Waals surface area (Å²) >= 11 is 0. The number of nitrogens with one attached hydrogen (secondary N) is 1. The average Bonchev–Trinajstić information content (AvgIpc) is 2.60. The molecule has 0 aliphatic heterocycles. The predicted molar refractivity (Wildman–Crippen MR) is 94.7 cm³/mol. The molecule has 1 N–H and O–H groups in total. The number of aromatic nitrogens is 2. The zero-order valence-corrected chi connectivity index (χ0v) is 14.1. The first kappa shape index (κ1) is 16.5. The SMILES string of the molecule is COc1cc2ncn(-c3cccc(NC(C)=O)c3)c(=O)c2cc1OC. The third-order valence-electron chi connectivity index (χ3n) is 3.71. The third kappa shape index (κ3) is 3.16. The number of rotatable bonds is 4. The van der Waals surface area contributed by atoms with Crippen LogP contribution in [0, 0.1) is 0 Å². The van der Waals surface area contributed by atoms with E-state index in [0.29, 0.717) is 33.8 Å². The zero-order valence-electron chi connectivity index (χ0n) is 14.1. The fraction of sp³-hybridized carbons (Fsp3) is 0.167. The smallest absolute Gasteiger partial charge is 0.265 e. The molecule has 0 spiro atoms. The molecule has 0 saturated carbocycles. The van der Waals surface area contributed by atoms with Crippen LogP contribution in [0.4, 0.5) is 5.69 Å². The fourth-order valence-electron chi connectivity index (χ4n) is 2.57. The topological polar surface area (TPSA) is 82.5 Å². The van der Waals surface area contributed by atoms with E-state index in [1.54, 1.807) is 36.4 Å². The van der Waals surface area contributed by atoms with Crippen LogP contribution in [0.3, 0.4) is 0 Å². The van der Waals surface area contributed by atoms with Crippen molar-refractivity contribution in [3.63, 3.8) is 0 Å². The van der Waals surface area contributed by atoms with Crippen LogP contribution in [-0.4, -0.2) is 29.7 Å². The number of anilines is 1. The van der Waals surface area contributed by atoms with Crippen molar-refractivity contribution in [3.8, 4) is 17.2 Å². The van der Waals surface area contributed by atoms with Crippen LogP contribution >= 0.6 is 0 Å². The number of methoxy groups -OCH3 is 2. The quantitative estimate of drug-likeness (QED) is 0.789. The molecular formula is C18H17N3O4. The highest BCUT2D eigenvalue weighted by atomic mass is 16.5. The summed E-state index contributed by atoms with van der Waals surface area (Å²) < 4.78 is 11.9. The maximum Gasteiger partial charge on any atom is 0.265 e. The first-order valence-corrected chi connectivity index (χ1v) is 7.55. The monoisotopic (exact) mass is 339 g/mol. The Kier molecular flexibility index (Phi) is 4.38. The van der Waals surface area contributed by atoms with Gasteiger partial charge in [0.25, 0.3) is 5.56 Å². The van der Waals surface area contributed by atoms with E-state index >= 15 is 0 Å². The molecule has 0 radical (unpaired) electrons. The van der Waals surface area contributed by atoms with E-state index in [2.05, 4.69) is 10.3 Å². The predicted octanol–water partition coefficient (Wildman–Crippen LogP) is 2.36. The van der Waals surface area contributed by atoms with Gasteiger partial charge in [-0.1, -0.05) is 6.07 Å². The van der Waals surface area contributed by atoms with E-state index < -0.39 is 0 Å². The molecule has 25 heavy (non-hydrogen) atoms. The Bertz CT molecular complexity index is 1010. The summed E-state index contributed by atoms with van der Waals surface area (Å²) in [5.41, 5.74) is 1.47. The Morgan fingerprint density at radius 3 is 2.52 bits per heavy atom. The molecule has 1 heterocycles. The van der Waals surface area contributed by atoms with Crippen LogP contribution in [0.15, 0.2) is 47.5 Å². The van der Waals surface area contributed by atoms with E-state index in [4.69, 9.17) is 9.47 Å². The fourth-order valence-corrected chi connectivity index (χ4v) is 2.57. The molecule has 7 heteroatoms. The largest absolute Gasteiger partial charge is 0.493 e. The van der Waals surface area contributed by atoms with Crippen LogP contribution < -0.4 is 20.3 Å². The van der Waals surface area contributed by atoms with Crippen LogP contribution in [0.5, 0.6) is 11.5 Å². The molecule has 0 saturated heterocycles. The molecule has 0 aliphatic carbocycles. The van der Waals surface area contributed by atoms with Crippen LogP contribution in [0.1, 0.15) is 6.92 Å². The van der Waals surface area contributed by atoms with E-state index in [1.807, 2.05) is 0 Å². The van der Waals surface area contributed by atoms with Gasteiger partial charge in [0.2, 0.25) is 5.91 Å². The Balaban J connectivity index is 2.16. The lowest BCUT2D eigenvalue weighted by Gasteiger charge is -2.11. The van der Waals surface area contributed by atoms with Crippen molar-refractivity contribution < 1.29 is 14.3 Å². The highest BCUT2D eigenvalue weighted by Gasteiger charge is 2.12. The summed E-state index contributed by atoms with van der Waals surface area (Å²) in [4.78, 5) is 28.4. The van der Waals surface area contributed by atoms with Gasteiger partial charge < -0.3 is 14.8 Å². The lowest BCUT2D eigenvalue weighted by Crippen LogP contribution is -2.19. The number of benzene rings is 2. The molecule has 0 unspecified atom stereocenters. The van der Waals surface area contributed by atoms with Crippen molar-refractivity contribution in [2.24, 2.45) is 0 Å². The van der Waals surface area contributed by atoms with Gasteiger partial charge in [0.15, 0.2) is 11.5 Å². The van der Waals surface area contributed by atoms with Crippen molar-refractivity contribution in [2.75, 3.05) is 19.5 Å². The van der Waals surface area contributed by atoms with E-state index in [1.165, 1.54) is 32.0 Å². The molecule has 0 fully saturated rings. The highest BCUT2D eigenvalue weighted by molar-refractivity contribution is 5.89. The van der Waals surface area contributed by atoms with Crippen molar-refractivity contribution in [3.05, 3.63) is 53.1 Å². The molecule has 1 amide bonds. The van der Waals surface area contributed by atoms with Gasteiger partial charge in [0, 0.05) is 18.7 Å². The summed E-state index contributed by atoms with van der Waals surface area (Å²) in [6, 6.07) is 10.2. The number of ether oxygens (including phenoxy) is 2. The Hall–Kier alpha value is -3.35. The van der Waals surface area contributed by atoms with Gasteiger partial charge in [-0.05, 0) is 24.3 Å². The van der Waals surface area contributed by atoms with Gasteiger partial charge in [0.05, 0.1) is 30.8 Å². The van der Waals surface area contributed by atoms with Crippen LogP contribution in [-0.2, 0) is 4.79 Å². The summed E-state index contributed by atoms with van der Waals surface area (Å²) in [5, 5.41) is 3.10. The molecule has 0 bridgehead atoms. The second-order valence-corrected chi connectivity index (χ2v) is 5.38. The molecule has 7 nitrogen and oxygen atoms in total. The summed E-state index contributed by atoms with van der Waals surface area (Å²) in [5.74, 6) is 0.781. The van der Waals surface area contributed by atoms with Crippen LogP contribution in [0.2, 0.25) is 0 Å². The van der Waals surface area contributed by atoms with Crippen molar-refractivity contribution >= 4 is 22.5 Å². The Labute approximate surface area is 143 Å². The number of amides is 1. The average molecular weight is 339 g/mol. The van der Waals surface area contributed by atoms with E-state index in [9.17, 15) is 9.59 Å². The second kappa shape index (κ2) is 6.64.